The van der Waals surface area contributed by atoms with E-state index >= 15 is 0 Å². The van der Waals surface area contributed by atoms with Crippen molar-refractivity contribution in [2.45, 2.75) is 50.5 Å². The van der Waals surface area contributed by atoms with Gasteiger partial charge < -0.3 is 10.1 Å². The number of rotatable bonds is 7. The van der Waals surface area contributed by atoms with Crippen LogP contribution in [0, 0.1) is 6.92 Å². The number of nitrogens with zero attached hydrogens (tertiary/aromatic N) is 1. The van der Waals surface area contributed by atoms with E-state index in [2.05, 4.69) is 5.32 Å². The van der Waals surface area contributed by atoms with Crippen molar-refractivity contribution in [3.05, 3.63) is 58.1 Å². The normalized spacial score (nSPS) is 16.0. The number of ether oxygens (including phenoxy) is 1. The molecule has 2 aromatic carbocycles. The van der Waals surface area contributed by atoms with E-state index in [-0.39, 0.29) is 27.4 Å². The molecule has 1 N–H and O–H groups in total. The Bertz CT molecular complexity index is 1050. The van der Waals surface area contributed by atoms with Gasteiger partial charge in [0.05, 0.1) is 18.2 Å². The summed E-state index contributed by atoms with van der Waals surface area (Å²) in [6, 6.07) is 9.99. The van der Waals surface area contributed by atoms with E-state index in [9.17, 15) is 13.2 Å². The molecule has 1 aliphatic rings. The summed E-state index contributed by atoms with van der Waals surface area (Å²) in [6.45, 7) is 4.89. The fourth-order valence-electron chi connectivity index (χ4n) is 3.87. The number of sulfonamides is 1. The number of methoxy groups -OCH3 is 1. The maximum absolute atomic E-state index is 13.1. The first-order valence-electron chi connectivity index (χ1n) is 10.5. The predicted molar refractivity (Wildman–Crippen MR) is 122 cm³/mol. The van der Waals surface area contributed by atoms with Gasteiger partial charge in [0.25, 0.3) is 5.91 Å². The molecule has 0 spiro atoms. The first kappa shape index (κ1) is 23.6. The number of hydrogen-bond acceptors (Lipinski definition) is 4. The number of nitrogens with one attached hydrogen (secondary N) is 1. The number of piperidine rings is 1. The molecule has 1 atom stereocenters. The van der Waals surface area contributed by atoms with E-state index in [0.29, 0.717) is 19.5 Å². The zero-order valence-corrected chi connectivity index (χ0v) is 19.7. The van der Waals surface area contributed by atoms with E-state index < -0.39 is 10.0 Å². The second-order valence-electron chi connectivity index (χ2n) is 7.77. The summed E-state index contributed by atoms with van der Waals surface area (Å²) in [4.78, 5) is 13.0. The molecule has 0 bridgehead atoms. The molecule has 1 aliphatic heterocycles. The van der Waals surface area contributed by atoms with Crippen LogP contribution in [0.15, 0.2) is 41.3 Å². The summed E-state index contributed by atoms with van der Waals surface area (Å²) in [7, 11) is -2.12. The van der Waals surface area contributed by atoms with Gasteiger partial charge in [0.1, 0.15) is 10.6 Å². The van der Waals surface area contributed by atoms with Crippen LogP contribution in [0.3, 0.4) is 0 Å². The number of hydrogen-bond donors (Lipinski definition) is 1. The Morgan fingerprint density at radius 2 is 1.87 bits per heavy atom. The summed E-state index contributed by atoms with van der Waals surface area (Å²) in [5.74, 6) is 0.447. The maximum atomic E-state index is 13.1. The maximum Gasteiger partial charge on any atom is 0.251 e. The molecule has 168 valence electrons. The molecule has 0 radical (unpaired) electrons. The lowest BCUT2D eigenvalue weighted by Crippen LogP contribution is -2.36. The Labute approximate surface area is 189 Å². The Balaban J connectivity index is 1.84. The molecule has 1 amide bonds. The monoisotopic (exact) mass is 464 g/mol. The quantitative estimate of drug-likeness (QED) is 0.643. The van der Waals surface area contributed by atoms with E-state index in [4.69, 9.17) is 16.3 Å². The number of amides is 1. The lowest BCUT2D eigenvalue weighted by Gasteiger charge is -2.26. The van der Waals surface area contributed by atoms with Crippen LogP contribution in [0.5, 0.6) is 5.75 Å². The second-order valence-corrected chi connectivity index (χ2v) is 10.1. The molecule has 0 saturated carbocycles. The smallest absolute Gasteiger partial charge is 0.251 e. The predicted octanol–water partition coefficient (Wildman–Crippen LogP) is 4.71. The van der Waals surface area contributed by atoms with Crippen LogP contribution in [0.4, 0.5) is 0 Å². The molecule has 3 rings (SSSR count). The highest BCUT2D eigenvalue weighted by Crippen LogP contribution is 2.29. The number of halogens is 1. The molecule has 1 heterocycles. The van der Waals surface area contributed by atoms with Gasteiger partial charge in [-0.2, -0.15) is 4.31 Å². The molecule has 1 fully saturated rings. The standard InChI is InChI=1S/C23H29ClN2O4S/c1-4-20(17-9-11-21(30-3)16(2)14-17)25-23(27)18-8-10-19(24)22(15-18)31(28,29)26-12-6-5-7-13-26/h8-11,14-15,20H,4-7,12-13H2,1-3H3,(H,25,27)/t20-/m0/s1. The minimum absolute atomic E-state index is 0.0166. The van der Waals surface area contributed by atoms with E-state index in [1.165, 1.54) is 16.4 Å². The van der Waals surface area contributed by atoms with Gasteiger partial charge in [0.15, 0.2) is 0 Å². The van der Waals surface area contributed by atoms with Gasteiger partial charge in [-0.3, -0.25) is 4.79 Å². The number of carbonyl (C=O) groups is 1. The second kappa shape index (κ2) is 10.0. The van der Waals surface area contributed by atoms with Crippen LogP contribution in [-0.4, -0.2) is 38.8 Å². The van der Waals surface area contributed by atoms with Crippen LogP contribution in [0.25, 0.3) is 0 Å². The third-order valence-electron chi connectivity index (χ3n) is 5.66. The molecule has 1 saturated heterocycles. The highest BCUT2D eigenvalue weighted by Gasteiger charge is 2.29. The van der Waals surface area contributed by atoms with Crippen molar-refractivity contribution in [2.75, 3.05) is 20.2 Å². The summed E-state index contributed by atoms with van der Waals surface area (Å²) >= 11 is 6.23. The van der Waals surface area contributed by atoms with Crippen molar-refractivity contribution in [3.8, 4) is 5.75 Å². The zero-order valence-electron chi connectivity index (χ0n) is 18.2. The highest BCUT2D eigenvalue weighted by atomic mass is 35.5. The Morgan fingerprint density at radius 3 is 2.48 bits per heavy atom. The van der Waals surface area contributed by atoms with Crippen molar-refractivity contribution in [1.29, 1.82) is 0 Å². The minimum Gasteiger partial charge on any atom is -0.496 e. The van der Waals surface area contributed by atoms with Crippen molar-refractivity contribution in [2.24, 2.45) is 0 Å². The van der Waals surface area contributed by atoms with Gasteiger partial charge in [-0.1, -0.05) is 37.1 Å². The zero-order chi connectivity index (χ0) is 22.6. The van der Waals surface area contributed by atoms with Crippen LogP contribution < -0.4 is 10.1 Å². The summed E-state index contributed by atoms with van der Waals surface area (Å²) in [5.41, 5.74) is 2.21. The van der Waals surface area contributed by atoms with Gasteiger partial charge in [0, 0.05) is 18.7 Å². The lowest BCUT2D eigenvalue weighted by molar-refractivity contribution is 0.0935. The van der Waals surface area contributed by atoms with Crippen molar-refractivity contribution >= 4 is 27.5 Å². The molecular weight excluding hydrogens is 436 g/mol. The first-order chi connectivity index (χ1) is 14.8. The Kier molecular flexibility index (Phi) is 7.62. The third-order valence-corrected chi connectivity index (χ3v) is 8.04. The topological polar surface area (TPSA) is 75.7 Å². The molecule has 2 aromatic rings. The summed E-state index contributed by atoms with van der Waals surface area (Å²) < 4.78 is 32.9. The van der Waals surface area contributed by atoms with Gasteiger partial charge in [-0.15, -0.1) is 0 Å². The Morgan fingerprint density at radius 1 is 1.16 bits per heavy atom. The molecule has 8 heteroatoms. The van der Waals surface area contributed by atoms with Gasteiger partial charge in [-0.05, 0) is 61.6 Å². The van der Waals surface area contributed by atoms with E-state index in [0.717, 1.165) is 36.1 Å². The summed E-state index contributed by atoms with van der Waals surface area (Å²) in [6.07, 6.45) is 3.36. The Hall–Kier alpha value is -2.09. The first-order valence-corrected chi connectivity index (χ1v) is 12.3. The van der Waals surface area contributed by atoms with Crippen molar-refractivity contribution in [3.63, 3.8) is 0 Å². The van der Waals surface area contributed by atoms with Crippen LogP contribution in [-0.2, 0) is 10.0 Å². The van der Waals surface area contributed by atoms with Gasteiger partial charge in [0.2, 0.25) is 10.0 Å². The minimum atomic E-state index is -3.74. The highest BCUT2D eigenvalue weighted by molar-refractivity contribution is 7.89. The SMILES string of the molecule is CC[C@H](NC(=O)c1ccc(Cl)c(S(=O)(=O)N2CCCCC2)c1)c1ccc(OC)c(C)c1. The van der Waals surface area contributed by atoms with Crippen molar-refractivity contribution < 1.29 is 17.9 Å². The van der Waals surface area contributed by atoms with Crippen molar-refractivity contribution in [1.82, 2.24) is 9.62 Å². The fourth-order valence-corrected chi connectivity index (χ4v) is 5.89. The molecule has 6 nitrogen and oxygen atoms in total. The van der Waals surface area contributed by atoms with E-state index in [1.807, 2.05) is 32.0 Å². The average molecular weight is 465 g/mol. The lowest BCUT2D eigenvalue weighted by atomic mass is 10.0. The van der Waals surface area contributed by atoms with Crippen LogP contribution in [0.1, 0.15) is 60.1 Å². The van der Waals surface area contributed by atoms with Gasteiger partial charge >= 0.3 is 0 Å². The largest absolute Gasteiger partial charge is 0.496 e. The molecular formula is C23H29ClN2O4S. The van der Waals surface area contributed by atoms with Crippen LogP contribution in [0.2, 0.25) is 5.02 Å². The number of carbonyl (C=O) groups excluding carboxylic acids is 1. The average Bonchev–Trinajstić information content (AvgIpc) is 2.78. The van der Waals surface area contributed by atoms with Gasteiger partial charge in [-0.25, -0.2) is 8.42 Å². The number of benzene rings is 2. The third kappa shape index (κ3) is 5.22. The van der Waals surface area contributed by atoms with Crippen LogP contribution >= 0.6 is 11.6 Å². The fraction of sp³-hybridized carbons (Fsp3) is 0.435. The summed E-state index contributed by atoms with van der Waals surface area (Å²) in [5, 5.41) is 3.14. The number of aryl methyl sites for hydroxylation is 1. The molecule has 0 aliphatic carbocycles. The molecule has 0 aromatic heterocycles. The molecule has 31 heavy (non-hydrogen) atoms. The molecule has 0 unspecified atom stereocenters. The van der Waals surface area contributed by atoms with E-state index in [1.54, 1.807) is 13.2 Å².